The smallest absolute Gasteiger partial charge is 0.0906 e. The minimum absolute atomic E-state index is 0.424. The molecule has 1 rings (SSSR count). The zero-order valence-corrected chi connectivity index (χ0v) is 12.7. The maximum atomic E-state index is 4.72. The molecule has 0 aliphatic heterocycles. The van der Waals surface area contributed by atoms with Crippen LogP contribution in [0.3, 0.4) is 0 Å². The van der Waals surface area contributed by atoms with Crippen LogP contribution < -0.4 is 0 Å². The van der Waals surface area contributed by atoms with E-state index in [1.165, 1.54) is 0 Å². The summed E-state index contributed by atoms with van der Waals surface area (Å²) in [5.74, 6) is 0. The molecular weight excluding hydrogens is 260 g/mol. The zero-order valence-electron chi connectivity index (χ0n) is 11.0. The highest BCUT2D eigenvalue weighted by atomic mass is 32.1. The largest absolute Gasteiger partial charge is 0.221 e. The predicted octanol–water partition coefficient (Wildman–Crippen LogP) is 4.36. The second-order valence-corrected chi connectivity index (χ2v) is 5.43. The molecule has 4 heteroatoms. The summed E-state index contributed by atoms with van der Waals surface area (Å²) in [4.78, 5) is 8.48. The minimum atomic E-state index is -0.424. The van der Waals surface area contributed by atoms with E-state index in [1.54, 1.807) is 0 Å². The first-order chi connectivity index (χ1) is 8.35. The molecule has 0 saturated heterocycles. The third-order valence-electron chi connectivity index (χ3n) is 2.90. The van der Waals surface area contributed by atoms with Gasteiger partial charge in [0.1, 0.15) is 0 Å². The fraction of sp³-hybridized carbons (Fsp3) is 0.429. The highest BCUT2D eigenvalue weighted by Crippen LogP contribution is 2.35. The van der Waals surface area contributed by atoms with Gasteiger partial charge in [0.15, 0.2) is 0 Å². The Morgan fingerprint density at radius 3 is 1.44 bits per heavy atom. The van der Waals surface area contributed by atoms with E-state index in [0.717, 1.165) is 11.1 Å². The summed E-state index contributed by atoms with van der Waals surface area (Å²) in [5.41, 5.74) is 1.29. The topological polar surface area (TPSA) is 24.7 Å². The van der Waals surface area contributed by atoms with Crippen LogP contribution in [0.25, 0.3) is 0 Å². The van der Waals surface area contributed by atoms with E-state index in [1.807, 2.05) is 52.0 Å². The molecule has 1 aromatic rings. The number of benzene rings is 1. The van der Waals surface area contributed by atoms with Crippen LogP contribution in [0.15, 0.2) is 34.3 Å². The molecule has 0 spiro atoms. The van der Waals surface area contributed by atoms with Gasteiger partial charge in [-0.25, -0.2) is 9.98 Å². The highest BCUT2D eigenvalue weighted by Gasteiger charge is 2.29. The molecule has 0 aliphatic carbocycles. The van der Waals surface area contributed by atoms with Crippen molar-refractivity contribution in [2.24, 2.45) is 9.98 Å². The standard InChI is InChI=1S/C14H16N2S2/c1-13(2,15-9-17)11-7-5-6-8-12(11)14(3,4)16-10-18/h5-8H,1-4H3. The second kappa shape index (κ2) is 5.64. The Morgan fingerprint density at radius 2 is 1.17 bits per heavy atom. The maximum Gasteiger partial charge on any atom is 0.0906 e. The van der Waals surface area contributed by atoms with Gasteiger partial charge in [-0.2, -0.15) is 0 Å². The molecular formula is C14H16N2S2. The van der Waals surface area contributed by atoms with Gasteiger partial charge < -0.3 is 0 Å². The summed E-state index contributed by atoms with van der Waals surface area (Å²) in [7, 11) is 0. The number of aliphatic imine (C=N–C) groups is 2. The van der Waals surface area contributed by atoms with Crippen molar-refractivity contribution in [3.63, 3.8) is 0 Å². The van der Waals surface area contributed by atoms with Gasteiger partial charge in [-0.15, -0.1) is 0 Å². The molecule has 0 aliphatic rings. The Kier molecular flexibility index (Phi) is 4.66. The van der Waals surface area contributed by atoms with E-state index < -0.39 is 11.1 Å². The lowest BCUT2D eigenvalue weighted by atomic mass is 9.82. The van der Waals surface area contributed by atoms with Crippen molar-refractivity contribution in [2.75, 3.05) is 0 Å². The third-order valence-corrected chi connectivity index (χ3v) is 3.08. The number of isothiocyanates is 2. The zero-order chi connectivity index (χ0) is 13.8. The first-order valence-corrected chi connectivity index (χ1v) is 6.45. The van der Waals surface area contributed by atoms with Crippen molar-refractivity contribution in [1.82, 2.24) is 0 Å². The van der Waals surface area contributed by atoms with Crippen molar-refractivity contribution in [3.8, 4) is 0 Å². The molecule has 2 nitrogen and oxygen atoms in total. The molecule has 0 unspecified atom stereocenters. The number of rotatable bonds is 4. The van der Waals surface area contributed by atoms with Crippen molar-refractivity contribution in [2.45, 2.75) is 38.8 Å². The van der Waals surface area contributed by atoms with E-state index in [2.05, 4.69) is 20.3 Å². The van der Waals surface area contributed by atoms with Gasteiger partial charge in [-0.3, -0.25) is 0 Å². The molecule has 0 fully saturated rings. The van der Waals surface area contributed by atoms with Crippen LogP contribution in [0, 0.1) is 0 Å². The summed E-state index contributed by atoms with van der Waals surface area (Å²) < 4.78 is 0. The minimum Gasteiger partial charge on any atom is -0.221 e. The molecule has 0 N–H and O–H groups in total. The van der Waals surface area contributed by atoms with Gasteiger partial charge in [0, 0.05) is 0 Å². The fourth-order valence-corrected chi connectivity index (χ4v) is 2.36. The Morgan fingerprint density at radius 1 is 0.833 bits per heavy atom. The van der Waals surface area contributed by atoms with Crippen molar-refractivity contribution in [3.05, 3.63) is 35.4 Å². The van der Waals surface area contributed by atoms with E-state index in [-0.39, 0.29) is 0 Å². The molecule has 0 bridgehead atoms. The van der Waals surface area contributed by atoms with E-state index in [0.29, 0.717) is 0 Å². The molecule has 0 atom stereocenters. The van der Waals surface area contributed by atoms with Gasteiger partial charge in [-0.1, -0.05) is 24.3 Å². The van der Waals surface area contributed by atoms with Crippen LogP contribution in [0.4, 0.5) is 0 Å². The summed E-state index contributed by atoms with van der Waals surface area (Å²) in [6.45, 7) is 8.01. The molecule has 18 heavy (non-hydrogen) atoms. The van der Waals surface area contributed by atoms with Gasteiger partial charge in [0.2, 0.25) is 0 Å². The third kappa shape index (κ3) is 3.18. The van der Waals surface area contributed by atoms with Gasteiger partial charge in [-0.05, 0) is 63.3 Å². The maximum absolute atomic E-state index is 4.72. The predicted molar refractivity (Wildman–Crippen MR) is 82.5 cm³/mol. The molecule has 94 valence electrons. The lowest BCUT2D eigenvalue weighted by Gasteiger charge is -2.28. The van der Waals surface area contributed by atoms with Gasteiger partial charge >= 0.3 is 0 Å². The average molecular weight is 276 g/mol. The van der Waals surface area contributed by atoms with Crippen LogP contribution in [-0.4, -0.2) is 10.3 Å². The number of hydrogen-bond acceptors (Lipinski definition) is 4. The highest BCUT2D eigenvalue weighted by molar-refractivity contribution is 7.78. The van der Waals surface area contributed by atoms with Crippen molar-refractivity contribution in [1.29, 1.82) is 0 Å². The first kappa shape index (κ1) is 14.9. The Bertz CT molecular complexity index is 485. The normalized spacial score (nSPS) is 11.3. The summed E-state index contributed by atoms with van der Waals surface area (Å²) in [5, 5.41) is 4.92. The van der Waals surface area contributed by atoms with Crippen LogP contribution in [0.2, 0.25) is 0 Å². The molecule has 0 amide bonds. The monoisotopic (exact) mass is 276 g/mol. The van der Waals surface area contributed by atoms with Crippen LogP contribution >= 0.6 is 24.4 Å². The lowest BCUT2D eigenvalue weighted by Crippen LogP contribution is -2.23. The van der Waals surface area contributed by atoms with Crippen molar-refractivity contribution < 1.29 is 0 Å². The number of thiocarbonyl (C=S) groups is 2. The number of hydrogen-bond donors (Lipinski definition) is 0. The van der Waals surface area contributed by atoms with Crippen molar-refractivity contribution >= 4 is 34.8 Å². The Hall–Kier alpha value is -1.18. The van der Waals surface area contributed by atoms with Crippen LogP contribution in [0.5, 0.6) is 0 Å². The lowest BCUT2D eigenvalue weighted by molar-refractivity contribution is 0.505. The Balaban J connectivity index is 3.49. The fourth-order valence-electron chi connectivity index (χ4n) is 1.90. The summed E-state index contributed by atoms with van der Waals surface area (Å²) >= 11 is 9.44. The number of nitrogens with zero attached hydrogens (tertiary/aromatic N) is 2. The molecule has 0 heterocycles. The quantitative estimate of drug-likeness (QED) is 0.603. The molecule has 0 radical (unpaired) electrons. The first-order valence-electron chi connectivity index (χ1n) is 5.63. The van der Waals surface area contributed by atoms with Crippen LogP contribution in [-0.2, 0) is 11.1 Å². The second-order valence-electron chi connectivity index (χ2n) is 5.07. The average Bonchev–Trinajstić information content (AvgIpc) is 2.29. The van der Waals surface area contributed by atoms with E-state index in [9.17, 15) is 0 Å². The molecule has 1 aromatic carbocycles. The molecule has 0 saturated carbocycles. The van der Waals surface area contributed by atoms with Crippen LogP contribution in [0.1, 0.15) is 38.8 Å². The summed E-state index contributed by atoms with van der Waals surface area (Å²) in [6, 6.07) is 8.03. The summed E-state index contributed by atoms with van der Waals surface area (Å²) in [6.07, 6.45) is 0. The van der Waals surface area contributed by atoms with E-state index >= 15 is 0 Å². The van der Waals surface area contributed by atoms with E-state index in [4.69, 9.17) is 24.4 Å². The van der Waals surface area contributed by atoms with Gasteiger partial charge in [0.05, 0.1) is 21.4 Å². The van der Waals surface area contributed by atoms with Gasteiger partial charge in [0.25, 0.3) is 0 Å². The molecule has 0 aromatic heterocycles. The Labute approximate surface area is 119 Å². The SMILES string of the molecule is CC(C)(N=C=S)c1ccccc1C(C)(C)N=C=S.